The zero-order chi connectivity index (χ0) is 16.9. The van der Waals surface area contributed by atoms with Crippen molar-refractivity contribution in [2.45, 2.75) is 6.92 Å². The first kappa shape index (κ1) is 16.0. The first-order chi connectivity index (χ1) is 11.7. The predicted molar refractivity (Wildman–Crippen MR) is 95.4 cm³/mol. The molecule has 3 aromatic rings. The molecule has 0 unspecified atom stereocenters. The number of pyridine rings is 1. The number of carbonyl (C=O) groups is 1. The highest BCUT2D eigenvalue weighted by atomic mass is 16.5. The molecule has 0 saturated heterocycles. The molecule has 0 saturated carbocycles. The molecule has 4 heteroatoms. The number of likely N-dealkylation sites (N-methyl/N-ethyl adjacent to an activating group) is 1. The van der Waals surface area contributed by atoms with Crippen LogP contribution < -0.4 is 4.74 Å². The second-order valence-corrected chi connectivity index (χ2v) is 5.72. The summed E-state index contributed by atoms with van der Waals surface area (Å²) in [6.07, 6.45) is 1.67. The van der Waals surface area contributed by atoms with Gasteiger partial charge in [0.2, 0.25) is 0 Å². The van der Waals surface area contributed by atoms with E-state index >= 15 is 0 Å². The van der Waals surface area contributed by atoms with Gasteiger partial charge in [0, 0.05) is 18.6 Å². The van der Waals surface area contributed by atoms with Gasteiger partial charge in [-0.15, -0.1) is 0 Å². The molecule has 0 radical (unpaired) electrons. The van der Waals surface area contributed by atoms with Crippen LogP contribution in [0.15, 0.2) is 60.8 Å². The number of fused-ring (bicyclic) bond motifs is 1. The monoisotopic (exact) mass is 320 g/mol. The van der Waals surface area contributed by atoms with Crippen LogP contribution in [-0.4, -0.2) is 36.0 Å². The molecule has 24 heavy (non-hydrogen) atoms. The van der Waals surface area contributed by atoms with Crippen molar-refractivity contribution in [3.05, 3.63) is 71.9 Å². The van der Waals surface area contributed by atoms with Crippen LogP contribution in [0.3, 0.4) is 0 Å². The highest BCUT2D eigenvalue weighted by Crippen LogP contribution is 2.18. The standard InChI is InChI=1S/C20H20N2O2/c1-15-7-3-6-10-19(15)24-14-13-22(2)20(23)17-11-12-21-18-9-5-4-8-16(17)18/h3-12H,13-14H2,1-2H3. The Morgan fingerprint density at radius 1 is 1.08 bits per heavy atom. The summed E-state index contributed by atoms with van der Waals surface area (Å²) in [5, 5.41) is 0.872. The van der Waals surface area contributed by atoms with Crippen molar-refractivity contribution in [3.63, 3.8) is 0 Å². The van der Waals surface area contributed by atoms with Crippen LogP contribution >= 0.6 is 0 Å². The van der Waals surface area contributed by atoms with Crippen molar-refractivity contribution in [2.24, 2.45) is 0 Å². The Balaban J connectivity index is 1.67. The minimum absolute atomic E-state index is 0.0259. The Morgan fingerprint density at radius 3 is 2.67 bits per heavy atom. The van der Waals surface area contributed by atoms with E-state index in [2.05, 4.69) is 4.98 Å². The summed E-state index contributed by atoms with van der Waals surface area (Å²) in [5.74, 6) is 0.828. The minimum atomic E-state index is -0.0259. The van der Waals surface area contributed by atoms with E-state index < -0.39 is 0 Å². The molecule has 2 aromatic carbocycles. The number of aromatic nitrogens is 1. The number of amides is 1. The average molecular weight is 320 g/mol. The van der Waals surface area contributed by atoms with Gasteiger partial charge in [-0.1, -0.05) is 36.4 Å². The zero-order valence-electron chi connectivity index (χ0n) is 13.9. The summed E-state index contributed by atoms with van der Waals surface area (Å²) in [6.45, 7) is 2.98. The molecule has 0 spiro atoms. The van der Waals surface area contributed by atoms with Gasteiger partial charge < -0.3 is 9.64 Å². The van der Waals surface area contributed by atoms with Crippen LogP contribution in [0.1, 0.15) is 15.9 Å². The quantitative estimate of drug-likeness (QED) is 0.720. The van der Waals surface area contributed by atoms with Gasteiger partial charge in [-0.3, -0.25) is 9.78 Å². The molecule has 1 heterocycles. The molecular weight excluding hydrogens is 300 g/mol. The van der Waals surface area contributed by atoms with E-state index in [1.807, 2.05) is 55.5 Å². The maximum absolute atomic E-state index is 12.7. The molecule has 3 rings (SSSR count). The molecule has 122 valence electrons. The van der Waals surface area contributed by atoms with Crippen LogP contribution in [0.2, 0.25) is 0 Å². The number of rotatable bonds is 5. The third-order valence-corrected chi connectivity index (χ3v) is 4.00. The van der Waals surface area contributed by atoms with Crippen molar-refractivity contribution in [2.75, 3.05) is 20.2 Å². The lowest BCUT2D eigenvalue weighted by Gasteiger charge is -2.19. The molecule has 0 bridgehead atoms. The van der Waals surface area contributed by atoms with Gasteiger partial charge in [-0.2, -0.15) is 0 Å². The number of aryl methyl sites for hydroxylation is 1. The fourth-order valence-electron chi connectivity index (χ4n) is 2.60. The first-order valence-corrected chi connectivity index (χ1v) is 7.94. The number of nitrogens with zero attached hydrogens (tertiary/aromatic N) is 2. The summed E-state index contributed by atoms with van der Waals surface area (Å²) >= 11 is 0. The summed E-state index contributed by atoms with van der Waals surface area (Å²) in [5.41, 5.74) is 2.58. The largest absolute Gasteiger partial charge is 0.491 e. The number of benzene rings is 2. The minimum Gasteiger partial charge on any atom is -0.491 e. The molecule has 4 nitrogen and oxygen atoms in total. The van der Waals surface area contributed by atoms with Gasteiger partial charge in [-0.05, 0) is 30.7 Å². The maximum Gasteiger partial charge on any atom is 0.254 e. The highest BCUT2D eigenvalue weighted by molar-refractivity contribution is 6.05. The van der Waals surface area contributed by atoms with E-state index in [9.17, 15) is 4.79 Å². The molecule has 0 fully saturated rings. The van der Waals surface area contributed by atoms with E-state index in [1.165, 1.54) is 0 Å². The van der Waals surface area contributed by atoms with Gasteiger partial charge in [-0.25, -0.2) is 0 Å². The molecule has 0 aliphatic rings. The lowest BCUT2D eigenvalue weighted by atomic mass is 10.1. The Hall–Kier alpha value is -2.88. The summed E-state index contributed by atoms with van der Waals surface area (Å²) in [4.78, 5) is 18.7. The van der Waals surface area contributed by atoms with Crippen LogP contribution in [-0.2, 0) is 0 Å². The van der Waals surface area contributed by atoms with E-state index in [1.54, 1.807) is 24.2 Å². The Kier molecular flexibility index (Phi) is 4.75. The van der Waals surface area contributed by atoms with Gasteiger partial charge in [0.05, 0.1) is 17.6 Å². The third kappa shape index (κ3) is 3.38. The van der Waals surface area contributed by atoms with Crippen molar-refractivity contribution in [1.82, 2.24) is 9.88 Å². The smallest absolute Gasteiger partial charge is 0.254 e. The van der Waals surface area contributed by atoms with Crippen LogP contribution in [0, 0.1) is 6.92 Å². The fraction of sp³-hybridized carbons (Fsp3) is 0.200. The van der Waals surface area contributed by atoms with Crippen molar-refractivity contribution < 1.29 is 9.53 Å². The summed E-state index contributed by atoms with van der Waals surface area (Å²) < 4.78 is 5.77. The van der Waals surface area contributed by atoms with E-state index in [-0.39, 0.29) is 5.91 Å². The average Bonchev–Trinajstić information content (AvgIpc) is 2.62. The van der Waals surface area contributed by atoms with Crippen LogP contribution in [0.25, 0.3) is 10.9 Å². The normalized spacial score (nSPS) is 10.6. The molecule has 0 N–H and O–H groups in total. The van der Waals surface area contributed by atoms with Gasteiger partial charge in [0.1, 0.15) is 12.4 Å². The Morgan fingerprint density at radius 2 is 1.83 bits per heavy atom. The second-order valence-electron chi connectivity index (χ2n) is 5.72. The van der Waals surface area contributed by atoms with Crippen molar-refractivity contribution in [1.29, 1.82) is 0 Å². The fourth-order valence-corrected chi connectivity index (χ4v) is 2.60. The van der Waals surface area contributed by atoms with Crippen LogP contribution in [0.5, 0.6) is 5.75 Å². The molecular formula is C20H20N2O2. The molecule has 1 amide bonds. The number of para-hydroxylation sites is 2. The topological polar surface area (TPSA) is 42.4 Å². The van der Waals surface area contributed by atoms with Crippen molar-refractivity contribution in [3.8, 4) is 5.75 Å². The van der Waals surface area contributed by atoms with Gasteiger partial charge >= 0.3 is 0 Å². The third-order valence-electron chi connectivity index (χ3n) is 4.00. The van der Waals surface area contributed by atoms with E-state index in [0.29, 0.717) is 18.7 Å². The van der Waals surface area contributed by atoms with Crippen LogP contribution in [0.4, 0.5) is 0 Å². The molecule has 0 aliphatic carbocycles. The lowest BCUT2D eigenvalue weighted by molar-refractivity contribution is 0.0775. The highest BCUT2D eigenvalue weighted by Gasteiger charge is 2.15. The number of carbonyl (C=O) groups excluding carboxylic acids is 1. The summed E-state index contributed by atoms with van der Waals surface area (Å²) in [7, 11) is 1.79. The predicted octanol–water partition coefficient (Wildman–Crippen LogP) is 3.69. The zero-order valence-corrected chi connectivity index (χ0v) is 13.9. The lowest BCUT2D eigenvalue weighted by Crippen LogP contribution is -2.31. The SMILES string of the molecule is Cc1ccccc1OCCN(C)C(=O)c1ccnc2ccccc12. The van der Waals surface area contributed by atoms with Crippen molar-refractivity contribution >= 4 is 16.8 Å². The number of ether oxygens (including phenoxy) is 1. The molecule has 1 aromatic heterocycles. The first-order valence-electron chi connectivity index (χ1n) is 7.94. The second kappa shape index (κ2) is 7.13. The Bertz CT molecular complexity index is 856. The maximum atomic E-state index is 12.7. The number of hydrogen-bond donors (Lipinski definition) is 0. The van der Waals surface area contributed by atoms with E-state index in [0.717, 1.165) is 22.2 Å². The van der Waals surface area contributed by atoms with E-state index in [4.69, 9.17) is 4.74 Å². The van der Waals surface area contributed by atoms with Gasteiger partial charge in [0.15, 0.2) is 0 Å². The Labute approximate surface area is 141 Å². The van der Waals surface area contributed by atoms with Gasteiger partial charge in [0.25, 0.3) is 5.91 Å². The number of hydrogen-bond acceptors (Lipinski definition) is 3. The molecule has 0 atom stereocenters. The summed E-state index contributed by atoms with van der Waals surface area (Å²) in [6, 6.07) is 17.3. The molecule has 0 aliphatic heterocycles.